The number of rotatable bonds is 0. The predicted octanol–water partition coefficient (Wildman–Crippen LogP) is 1.25. The first kappa shape index (κ1) is 6.77. The predicted molar refractivity (Wildman–Crippen MR) is 40.1 cm³/mol. The zero-order chi connectivity index (χ0) is 7.84. The highest BCUT2D eigenvalue weighted by atomic mass is 16.1. The Hall–Kier alpha value is -0.920. The Morgan fingerprint density at radius 3 is 2.82 bits per heavy atom. The molecule has 2 aliphatic carbocycles. The zero-order valence-electron chi connectivity index (χ0n) is 6.30. The summed E-state index contributed by atoms with van der Waals surface area (Å²) in [5, 5.41) is 0. The first-order chi connectivity index (χ1) is 5.27. The van der Waals surface area contributed by atoms with Crippen LogP contribution in [0, 0.1) is 5.92 Å². The summed E-state index contributed by atoms with van der Waals surface area (Å²) >= 11 is 0. The van der Waals surface area contributed by atoms with Crippen LogP contribution in [0.1, 0.15) is 25.7 Å². The van der Waals surface area contributed by atoms with Gasteiger partial charge in [-0.15, -0.1) is 0 Å². The molecule has 1 atom stereocenters. The molecule has 0 radical (unpaired) electrons. The largest absolute Gasteiger partial charge is 0.299 e. The molecule has 58 valence electrons. The van der Waals surface area contributed by atoms with Gasteiger partial charge in [0.15, 0.2) is 5.78 Å². The van der Waals surface area contributed by atoms with Crippen LogP contribution < -0.4 is 0 Å². The summed E-state index contributed by atoms with van der Waals surface area (Å²) in [5.41, 5.74) is 1.09. The number of hydrogen-bond acceptors (Lipinski definition) is 2. The number of carbonyl (C=O) groups is 2. The highest BCUT2D eigenvalue weighted by Gasteiger charge is 2.32. The van der Waals surface area contributed by atoms with Gasteiger partial charge in [0.1, 0.15) is 5.78 Å². The highest BCUT2D eigenvalue weighted by Crippen LogP contribution is 2.34. The Kier molecular flexibility index (Phi) is 1.41. The fourth-order valence-electron chi connectivity index (χ4n) is 1.91. The molecule has 2 aliphatic rings. The molecular weight excluding hydrogens is 140 g/mol. The van der Waals surface area contributed by atoms with Gasteiger partial charge in [0, 0.05) is 18.8 Å². The quantitative estimate of drug-likeness (QED) is 0.521. The van der Waals surface area contributed by atoms with Crippen molar-refractivity contribution in [3.63, 3.8) is 0 Å². The van der Waals surface area contributed by atoms with Crippen molar-refractivity contribution >= 4 is 11.6 Å². The molecule has 1 saturated carbocycles. The maximum Gasteiger partial charge on any atom is 0.155 e. The van der Waals surface area contributed by atoms with Gasteiger partial charge < -0.3 is 0 Å². The molecule has 11 heavy (non-hydrogen) atoms. The Bertz CT molecular complexity index is 250. The van der Waals surface area contributed by atoms with Gasteiger partial charge in [-0.3, -0.25) is 9.59 Å². The number of carbonyl (C=O) groups excluding carboxylic acids is 2. The second kappa shape index (κ2) is 2.29. The second-order valence-electron chi connectivity index (χ2n) is 3.24. The van der Waals surface area contributed by atoms with Crippen molar-refractivity contribution in [1.29, 1.82) is 0 Å². The smallest absolute Gasteiger partial charge is 0.155 e. The number of fused-ring (bicyclic) bond motifs is 1. The molecule has 0 amide bonds. The third-order valence-corrected chi connectivity index (χ3v) is 2.52. The third-order valence-electron chi connectivity index (χ3n) is 2.52. The van der Waals surface area contributed by atoms with E-state index in [1.54, 1.807) is 6.08 Å². The lowest BCUT2D eigenvalue weighted by atomic mass is 9.89. The van der Waals surface area contributed by atoms with Crippen LogP contribution in [0.5, 0.6) is 0 Å². The molecule has 1 fully saturated rings. The molecule has 2 rings (SSSR count). The molecule has 0 unspecified atom stereocenters. The average molecular weight is 150 g/mol. The summed E-state index contributed by atoms with van der Waals surface area (Å²) in [5.74, 6) is 0.655. The van der Waals surface area contributed by atoms with E-state index in [0.717, 1.165) is 18.4 Å². The molecule has 0 heterocycles. The van der Waals surface area contributed by atoms with Gasteiger partial charge in [-0.1, -0.05) is 5.57 Å². The van der Waals surface area contributed by atoms with Gasteiger partial charge in [0.2, 0.25) is 0 Å². The maximum atomic E-state index is 11.2. The van der Waals surface area contributed by atoms with E-state index in [1.807, 2.05) is 0 Å². The molecule has 2 nitrogen and oxygen atoms in total. The van der Waals surface area contributed by atoms with Gasteiger partial charge in [-0.05, 0) is 18.9 Å². The molecule has 2 heteroatoms. The lowest BCUT2D eigenvalue weighted by molar-refractivity contribution is -0.121. The van der Waals surface area contributed by atoms with E-state index in [0.29, 0.717) is 18.6 Å². The van der Waals surface area contributed by atoms with Crippen molar-refractivity contribution in [3.05, 3.63) is 11.6 Å². The van der Waals surface area contributed by atoms with E-state index in [9.17, 15) is 9.59 Å². The van der Waals surface area contributed by atoms with Gasteiger partial charge in [0.25, 0.3) is 0 Å². The average Bonchev–Trinajstić information content (AvgIpc) is 2.32. The Morgan fingerprint density at radius 1 is 1.18 bits per heavy atom. The highest BCUT2D eigenvalue weighted by molar-refractivity contribution is 5.97. The molecule has 0 spiro atoms. The first-order valence-electron chi connectivity index (χ1n) is 4.03. The summed E-state index contributed by atoms with van der Waals surface area (Å²) in [6.07, 6.45) is 4.50. The van der Waals surface area contributed by atoms with Crippen LogP contribution in [0.4, 0.5) is 0 Å². The van der Waals surface area contributed by atoms with Crippen LogP contribution >= 0.6 is 0 Å². The minimum absolute atomic E-state index is 0.118. The minimum Gasteiger partial charge on any atom is -0.299 e. The second-order valence-corrected chi connectivity index (χ2v) is 3.24. The van der Waals surface area contributed by atoms with Crippen molar-refractivity contribution in [2.24, 2.45) is 5.92 Å². The molecule has 0 saturated heterocycles. The van der Waals surface area contributed by atoms with Crippen LogP contribution in [0.15, 0.2) is 11.6 Å². The summed E-state index contributed by atoms with van der Waals surface area (Å²) < 4.78 is 0. The van der Waals surface area contributed by atoms with Crippen molar-refractivity contribution in [1.82, 2.24) is 0 Å². The molecule has 0 aliphatic heterocycles. The zero-order valence-corrected chi connectivity index (χ0v) is 6.30. The van der Waals surface area contributed by atoms with Crippen LogP contribution in [-0.4, -0.2) is 11.6 Å². The van der Waals surface area contributed by atoms with Crippen molar-refractivity contribution in [3.8, 4) is 0 Å². The van der Waals surface area contributed by atoms with Crippen molar-refractivity contribution in [2.75, 3.05) is 0 Å². The molecular formula is C9H10O2. The maximum absolute atomic E-state index is 11.2. The van der Waals surface area contributed by atoms with Crippen LogP contribution in [0.2, 0.25) is 0 Å². The molecule has 0 aromatic rings. The Labute approximate surface area is 65.3 Å². The standard InChI is InChI=1S/C9H10O2/c10-7-2-3-8-6(5-7)1-4-9(8)11/h5,8H,1-4H2/t8-/m1/s1. The topological polar surface area (TPSA) is 34.1 Å². The van der Waals surface area contributed by atoms with Gasteiger partial charge >= 0.3 is 0 Å². The summed E-state index contributed by atoms with van der Waals surface area (Å²) in [6, 6.07) is 0. The number of ketones is 2. The Morgan fingerprint density at radius 2 is 2.00 bits per heavy atom. The minimum atomic E-state index is 0.118. The van der Waals surface area contributed by atoms with E-state index in [4.69, 9.17) is 0 Å². The first-order valence-corrected chi connectivity index (χ1v) is 4.03. The monoisotopic (exact) mass is 150 g/mol. The third kappa shape index (κ3) is 1.02. The number of hydrogen-bond donors (Lipinski definition) is 0. The Balaban J connectivity index is 2.31. The van der Waals surface area contributed by atoms with Crippen LogP contribution in [-0.2, 0) is 9.59 Å². The van der Waals surface area contributed by atoms with Crippen LogP contribution in [0.25, 0.3) is 0 Å². The summed E-state index contributed by atoms with van der Waals surface area (Å²) in [7, 11) is 0. The van der Waals surface area contributed by atoms with E-state index < -0.39 is 0 Å². The van der Waals surface area contributed by atoms with Gasteiger partial charge in [-0.2, -0.15) is 0 Å². The van der Waals surface area contributed by atoms with E-state index >= 15 is 0 Å². The van der Waals surface area contributed by atoms with Crippen molar-refractivity contribution in [2.45, 2.75) is 25.7 Å². The number of Topliss-reactive ketones (excluding diaryl/α,β-unsaturated/α-hetero) is 1. The normalized spacial score (nSPS) is 30.2. The van der Waals surface area contributed by atoms with Crippen LogP contribution in [0.3, 0.4) is 0 Å². The lowest BCUT2D eigenvalue weighted by Gasteiger charge is -2.13. The molecule has 0 aromatic heterocycles. The molecule has 0 bridgehead atoms. The molecule has 0 aromatic carbocycles. The SMILES string of the molecule is O=C1C=C2CCC(=O)[C@@H]2CC1. The summed E-state index contributed by atoms with van der Waals surface area (Å²) in [4.78, 5) is 22.1. The lowest BCUT2D eigenvalue weighted by Crippen LogP contribution is -2.15. The van der Waals surface area contributed by atoms with Crippen molar-refractivity contribution < 1.29 is 9.59 Å². The van der Waals surface area contributed by atoms with E-state index in [-0.39, 0.29) is 11.7 Å². The fraction of sp³-hybridized carbons (Fsp3) is 0.556. The number of allylic oxidation sites excluding steroid dienone is 2. The fourth-order valence-corrected chi connectivity index (χ4v) is 1.91. The van der Waals surface area contributed by atoms with Gasteiger partial charge in [0.05, 0.1) is 0 Å². The van der Waals surface area contributed by atoms with E-state index in [1.165, 1.54) is 0 Å². The molecule has 0 N–H and O–H groups in total. The van der Waals surface area contributed by atoms with Gasteiger partial charge in [-0.25, -0.2) is 0 Å². The van der Waals surface area contributed by atoms with E-state index in [2.05, 4.69) is 0 Å². The summed E-state index contributed by atoms with van der Waals surface area (Å²) in [6.45, 7) is 0.